The number of amides is 1. The van der Waals surface area contributed by atoms with Gasteiger partial charge < -0.3 is 9.73 Å². The zero-order valence-corrected chi connectivity index (χ0v) is 18.5. The van der Waals surface area contributed by atoms with E-state index < -0.39 is 11.7 Å². The van der Waals surface area contributed by atoms with E-state index in [0.717, 1.165) is 23.1 Å². The number of halogens is 1. The van der Waals surface area contributed by atoms with Crippen LogP contribution in [0.25, 0.3) is 22.6 Å². The number of fused-ring (bicyclic) bond motifs is 1. The van der Waals surface area contributed by atoms with Gasteiger partial charge in [-0.1, -0.05) is 38.1 Å². The van der Waals surface area contributed by atoms with Gasteiger partial charge in [0.05, 0.1) is 5.56 Å². The molecule has 0 fully saturated rings. The molecule has 162 valence electrons. The van der Waals surface area contributed by atoms with Crippen molar-refractivity contribution < 1.29 is 13.6 Å². The van der Waals surface area contributed by atoms with Crippen LogP contribution in [0.3, 0.4) is 0 Å². The van der Waals surface area contributed by atoms with Gasteiger partial charge in [0.15, 0.2) is 10.7 Å². The summed E-state index contributed by atoms with van der Waals surface area (Å²) < 4.78 is 19.7. The Morgan fingerprint density at radius 2 is 1.94 bits per heavy atom. The van der Waals surface area contributed by atoms with E-state index in [-0.39, 0.29) is 10.7 Å². The van der Waals surface area contributed by atoms with Crippen LogP contribution in [-0.4, -0.2) is 16.0 Å². The molecule has 7 heteroatoms. The molecule has 2 N–H and O–H groups in total. The highest BCUT2D eigenvalue weighted by atomic mass is 32.1. The molecule has 0 aliphatic rings. The fourth-order valence-corrected chi connectivity index (χ4v) is 3.53. The van der Waals surface area contributed by atoms with Gasteiger partial charge in [-0.25, -0.2) is 9.37 Å². The molecule has 0 saturated heterocycles. The van der Waals surface area contributed by atoms with Crippen molar-refractivity contribution in [2.24, 2.45) is 0 Å². The Balaban J connectivity index is 1.50. The van der Waals surface area contributed by atoms with Crippen LogP contribution in [0.5, 0.6) is 0 Å². The van der Waals surface area contributed by atoms with E-state index in [1.165, 1.54) is 23.8 Å². The number of rotatable bonds is 5. The van der Waals surface area contributed by atoms with E-state index in [4.69, 9.17) is 16.6 Å². The summed E-state index contributed by atoms with van der Waals surface area (Å²) in [6.45, 7) is 4.34. The Bertz CT molecular complexity index is 1300. The average molecular weight is 448 g/mol. The van der Waals surface area contributed by atoms with Crippen molar-refractivity contribution in [1.82, 2.24) is 10.3 Å². The van der Waals surface area contributed by atoms with Gasteiger partial charge in [0.25, 0.3) is 5.91 Å². The lowest BCUT2D eigenvalue weighted by Gasteiger charge is -2.10. The first-order valence-electron chi connectivity index (χ1n) is 10.3. The second-order valence-electron chi connectivity index (χ2n) is 7.52. The number of thiocarbonyl (C=S) groups is 1. The van der Waals surface area contributed by atoms with Crippen molar-refractivity contribution >= 4 is 40.0 Å². The highest BCUT2D eigenvalue weighted by molar-refractivity contribution is 7.80. The second kappa shape index (κ2) is 9.28. The summed E-state index contributed by atoms with van der Waals surface area (Å²) in [5, 5.41) is 5.50. The third-order valence-electron chi connectivity index (χ3n) is 5.31. The molecule has 4 rings (SSSR count). The van der Waals surface area contributed by atoms with Crippen molar-refractivity contribution in [3.63, 3.8) is 0 Å². The standard InChI is InChI=1S/C25H22FN3O2S/c1-3-15(2)16-11-12-22-21(14-16)28-24(31-22)17-7-6-8-18(13-17)27-25(32)29-23(30)19-9-4-5-10-20(19)26/h4-15H,3H2,1-2H3,(H2,27,29,30,32)/t15-/m1/s1. The first kappa shape index (κ1) is 21.6. The minimum Gasteiger partial charge on any atom is -0.436 e. The van der Waals surface area contributed by atoms with Crippen LogP contribution < -0.4 is 10.6 Å². The highest BCUT2D eigenvalue weighted by Gasteiger charge is 2.14. The summed E-state index contributed by atoms with van der Waals surface area (Å²) in [5.41, 5.74) is 4.09. The molecule has 1 heterocycles. The third kappa shape index (κ3) is 4.68. The molecular formula is C25H22FN3O2S. The summed E-state index contributed by atoms with van der Waals surface area (Å²) in [5.74, 6) is -0.283. The molecule has 0 saturated carbocycles. The molecule has 1 atom stereocenters. The molecule has 0 radical (unpaired) electrons. The topological polar surface area (TPSA) is 67.2 Å². The number of oxazole rings is 1. The van der Waals surface area contributed by atoms with Crippen LogP contribution in [0.2, 0.25) is 0 Å². The highest BCUT2D eigenvalue weighted by Crippen LogP contribution is 2.29. The zero-order valence-electron chi connectivity index (χ0n) is 17.7. The molecule has 0 aliphatic heterocycles. The van der Waals surface area contributed by atoms with Crippen LogP contribution in [0.15, 0.2) is 71.1 Å². The lowest BCUT2D eigenvalue weighted by molar-refractivity contribution is 0.0974. The number of hydrogen-bond donors (Lipinski definition) is 2. The van der Waals surface area contributed by atoms with Gasteiger partial charge in [0.2, 0.25) is 5.89 Å². The fraction of sp³-hybridized carbons (Fsp3) is 0.160. The van der Waals surface area contributed by atoms with Gasteiger partial charge in [-0.3, -0.25) is 10.1 Å². The van der Waals surface area contributed by atoms with Gasteiger partial charge in [0.1, 0.15) is 11.3 Å². The molecule has 0 spiro atoms. The van der Waals surface area contributed by atoms with E-state index in [9.17, 15) is 9.18 Å². The van der Waals surface area contributed by atoms with Gasteiger partial charge in [0, 0.05) is 11.3 Å². The normalized spacial score (nSPS) is 11.8. The number of anilines is 1. The predicted octanol–water partition coefficient (Wildman–Crippen LogP) is 6.27. The van der Waals surface area contributed by atoms with Crippen molar-refractivity contribution in [1.29, 1.82) is 0 Å². The number of carbonyl (C=O) groups excluding carboxylic acids is 1. The second-order valence-corrected chi connectivity index (χ2v) is 7.93. The number of benzene rings is 3. The zero-order chi connectivity index (χ0) is 22.7. The van der Waals surface area contributed by atoms with Crippen LogP contribution in [0.4, 0.5) is 10.1 Å². The first-order valence-corrected chi connectivity index (χ1v) is 10.7. The molecule has 1 aromatic heterocycles. The third-order valence-corrected chi connectivity index (χ3v) is 5.51. The smallest absolute Gasteiger partial charge is 0.260 e. The van der Waals surface area contributed by atoms with Crippen molar-refractivity contribution in [3.05, 3.63) is 83.7 Å². The maximum atomic E-state index is 13.8. The average Bonchev–Trinajstić information content (AvgIpc) is 3.22. The Hall–Kier alpha value is -3.58. The lowest BCUT2D eigenvalue weighted by atomic mass is 9.98. The Kier molecular flexibility index (Phi) is 6.28. The summed E-state index contributed by atoms with van der Waals surface area (Å²) in [4.78, 5) is 16.9. The Morgan fingerprint density at radius 1 is 1.12 bits per heavy atom. The number of hydrogen-bond acceptors (Lipinski definition) is 4. The molecule has 5 nitrogen and oxygen atoms in total. The van der Waals surface area contributed by atoms with Gasteiger partial charge >= 0.3 is 0 Å². The summed E-state index contributed by atoms with van der Waals surface area (Å²) >= 11 is 5.21. The number of carbonyl (C=O) groups is 1. The monoisotopic (exact) mass is 447 g/mol. The van der Waals surface area contributed by atoms with Gasteiger partial charge in [-0.2, -0.15) is 0 Å². The van der Waals surface area contributed by atoms with Crippen molar-refractivity contribution in [2.45, 2.75) is 26.2 Å². The van der Waals surface area contributed by atoms with Crippen LogP contribution in [-0.2, 0) is 0 Å². The van der Waals surface area contributed by atoms with Gasteiger partial charge in [-0.15, -0.1) is 0 Å². The Labute approximate surface area is 190 Å². The van der Waals surface area contributed by atoms with Crippen LogP contribution >= 0.6 is 12.2 Å². The maximum Gasteiger partial charge on any atom is 0.260 e. The van der Waals surface area contributed by atoms with E-state index >= 15 is 0 Å². The summed E-state index contributed by atoms with van der Waals surface area (Å²) in [7, 11) is 0. The molecule has 0 bridgehead atoms. The molecule has 32 heavy (non-hydrogen) atoms. The SMILES string of the molecule is CC[C@@H](C)c1ccc2oc(-c3cccc(NC(=S)NC(=O)c4ccccc4F)c3)nc2c1. The van der Waals surface area contributed by atoms with E-state index in [1.54, 1.807) is 12.1 Å². The molecule has 4 aromatic rings. The van der Waals surface area contributed by atoms with Crippen molar-refractivity contribution in [3.8, 4) is 11.5 Å². The first-order chi connectivity index (χ1) is 15.4. The molecule has 1 amide bonds. The summed E-state index contributed by atoms with van der Waals surface area (Å²) in [6.07, 6.45) is 1.05. The number of nitrogens with one attached hydrogen (secondary N) is 2. The quantitative estimate of drug-likeness (QED) is 0.353. The predicted molar refractivity (Wildman–Crippen MR) is 128 cm³/mol. The van der Waals surface area contributed by atoms with E-state index in [1.807, 2.05) is 24.3 Å². The molecular weight excluding hydrogens is 425 g/mol. The number of nitrogens with zero attached hydrogens (tertiary/aromatic N) is 1. The van der Waals surface area contributed by atoms with E-state index in [2.05, 4.69) is 41.6 Å². The van der Waals surface area contributed by atoms with E-state index in [0.29, 0.717) is 17.5 Å². The summed E-state index contributed by atoms with van der Waals surface area (Å²) in [6, 6.07) is 19.1. The minimum absolute atomic E-state index is 0.0613. The molecule has 3 aromatic carbocycles. The molecule has 0 unspecified atom stereocenters. The van der Waals surface area contributed by atoms with Crippen LogP contribution in [0.1, 0.15) is 42.1 Å². The van der Waals surface area contributed by atoms with Crippen LogP contribution in [0, 0.1) is 5.82 Å². The van der Waals surface area contributed by atoms with Gasteiger partial charge in [-0.05, 0) is 72.6 Å². The maximum absolute atomic E-state index is 13.8. The fourth-order valence-electron chi connectivity index (χ4n) is 3.32. The minimum atomic E-state index is -0.618. The number of aromatic nitrogens is 1. The largest absolute Gasteiger partial charge is 0.436 e. The lowest BCUT2D eigenvalue weighted by Crippen LogP contribution is -2.34. The molecule has 0 aliphatic carbocycles. The van der Waals surface area contributed by atoms with Crippen molar-refractivity contribution in [2.75, 3.05) is 5.32 Å². The Morgan fingerprint density at radius 3 is 2.72 bits per heavy atom.